The molecule has 2 N–H and O–H groups in total. The Hall–Kier alpha value is -1.75. The minimum Gasteiger partial charge on any atom is -0.493 e. The summed E-state index contributed by atoms with van der Waals surface area (Å²) in [5.74, 6) is 1.00. The molecule has 0 saturated carbocycles. The Morgan fingerprint density at radius 1 is 1.47 bits per heavy atom. The normalized spacial score (nSPS) is 18.2. The molecule has 0 aromatic heterocycles. The number of ether oxygens (including phenoxy) is 3. The SMILES string of the molecule is CCCOc1ccc(CN)c(OC2CCOC2=O)c1. The molecule has 1 aromatic carbocycles. The Morgan fingerprint density at radius 2 is 2.32 bits per heavy atom. The molecule has 1 unspecified atom stereocenters. The molecular formula is C14H19NO4. The largest absolute Gasteiger partial charge is 0.493 e. The van der Waals surface area contributed by atoms with E-state index in [-0.39, 0.29) is 5.97 Å². The predicted octanol–water partition coefficient (Wildman–Crippen LogP) is 1.63. The minimum absolute atomic E-state index is 0.317. The number of nitrogens with two attached hydrogens (primary N) is 1. The van der Waals surface area contributed by atoms with Gasteiger partial charge in [-0.2, -0.15) is 0 Å². The van der Waals surface area contributed by atoms with Gasteiger partial charge in [-0.05, 0) is 12.5 Å². The highest BCUT2D eigenvalue weighted by atomic mass is 16.6. The Bertz CT molecular complexity index is 447. The molecule has 104 valence electrons. The molecule has 1 aliphatic rings. The summed E-state index contributed by atoms with van der Waals surface area (Å²) in [7, 11) is 0. The molecule has 0 spiro atoms. The van der Waals surface area contributed by atoms with Gasteiger partial charge >= 0.3 is 5.97 Å². The fourth-order valence-corrected chi connectivity index (χ4v) is 1.86. The third kappa shape index (κ3) is 3.38. The quantitative estimate of drug-likeness (QED) is 0.791. The van der Waals surface area contributed by atoms with Crippen molar-refractivity contribution in [3.8, 4) is 11.5 Å². The van der Waals surface area contributed by atoms with Crippen LogP contribution in [0.1, 0.15) is 25.3 Å². The lowest BCUT2D eigenvalue weighted by Crippen LogP contribution is -2.22. The van der Waals surface area contributed by atoms with E-state index >= 15 is 0 Å². The molecule has 2 rings (SSSR count). The first-order valence-electron chi connectivity index (χ1n) is 6.53. The number of esters is 1. The van der Waals surface area contributed by atoms with Crippen molar-refractivity contribution < 1.29 is 19.0 Å². The van der Waals surface area contributed by atoms with Crippen LogP contribution >= 0.6 is 0 Å². The van der Waals surface area contributed by atoms with E-state index in [2.05, 4.69) is 0 Å². The van der Waals surface area contributed by atoms with Gasteiger partial charge in [0.15, 0.2) is 6.10 Å². The summed E-state index contributed by atoms with van der Waals surface area (Å²) < 4.78 is 16.1. The average molecular weight is 265 g/mol. The van der Waals surface area contributed by atoms with Gasteiger partial charge in [0.05, 0.1) is 13.2 Å². The van der Waals surface area contributed by atoms with Crippen molar-refractivity contribution in [1.29, 1.82) is 0 Å². The van der Waals surface area contributed by atoms with Crippen LogP contribution in [0.15, 0.2) is 18.2 Å². The van der Waals surface area contributed by atoms with Gasteiger partial charge in [-0.15, -0.1) is 0 Å². The maximum Gasteiger partial charge on any atom is 0.347 e. The highest BCUT2D eigenvalue weighted by molar-refractivity contribution is 5.76. The van der Waals surface area contributed by atoms with Crippen LogP contribution in [0.4, 0.5) is 0 Å². The number of cyclic esters (lactones) is 1. The van der Waals surface area contributed by atoms with E-state index in [4.69, 9.17) is 19.9 Å². The summed E-state index contributed by atoms with van der Waals surface area (Å²) >= 11 is 0. The van der Waals surface area contributed by atoms with Gasteiger partial charge < -0.3 is 19.9 Å². The van der Waals surface area contributed by atoms with E-state index in [9.17, 15) is 4.79 Å². The molecule has 19 heavy (non-hydrogen) atoms. The van der Waals surface area contributed by atoms with Crippen LogP contribution < -0.4 is 15.2 Å². The number of benzene rings is 1. The molecule has 1 aromatic rings. The summed E-state index contributed by atoms with van der Waals surface area (Å²) in [5, 5.41) is 0. The number of hydrogen-bond acceptors (Lipinski definition) is 5. The molecule has 0 bridgehead atoms. The first kappa shape index (κ1) is 13.7. The highest BCUT2D eigenvalue weighted by Crippen LogP contribution is 2.27. The standard InChI is InChI=1S/C14H19NO4/c1-2-6-17-11-4-3-10(9-15)13(8-11)19-12-5-7-18-14(12)16/h3-4,8,12H,2,5-7,9,15H2,1H3. The van der Waals surface area contributed by atoms with Crippen molar-refractivity contribution in [3.05, 3.63) is 23.8 Å². The summed E-state index contributed by atoms with van der Waals surface area (Å²) in [6.45, 7) is 3.45. The maximum absolute atomic E-state index is 11.4. The average Bonchev–Trinajstić information content (AvgIpc) is 2.82. The van der Waals surface area contributed by atoms with Gasteiger partial charge in [0.2, 0.25) is 0 Å². The number of hydrogen-bond donors (Lipinski definition) is 1. The van der Waals surface area contributed by atoms with Crippen LogP contribution in [0.25, 0.3) is 0 Å². The summed E-state index contributed by atoms with van der Waals surface area (Å²) in [6, 6.07) is 5.50. The first-order chi connectivity index (χ1) is 9.24. The van der Waals surface area contributed by atoms with Crippen molar-refractivity contribution >= 4 is 5.97 Å². The molecule has 5 heteroatoms. The molecule has 1 saturated heterocycles. The molecular weight excluding hydrogens is 246 g/mol. The fraction of sp³-hybridized carbons (Fsp3) is 0.500. The monoisotopic (exact) mass is 265 g/mol. The number of carbonyl (C=O) groups is 1. The fourth-order valence-electron chi connectivity index (χ4n) is 1.86. The van der Waals surface area contributed by atoms with E-state index in [1.54, 1.807) is 6.07 Å². The van der Waals surface area contributed by atoms with Gasteiger partial charge in [-0.25, -0.2) is 4.79 Å². The smallest absolute Gasteiger partial charge is 0.347 e. The maximum atomic E-state index is 11.4. The molecule has 1 fully saturated rings. The lowest BCUT2D eigenvalue weighted by atomic mass is 10.2. The molecule has 5 nitrogen and oxygen atoms in total. The Kier molecular flexibility index (Phi) is 4.63. The predicted molar refractivity (Wildman–Crippen MR) is 70.1 cm³/mol. The molecule has 0 radical (unpaired) electrons. The van der Waals surface area contributed by atoms with Gasteiger partial charge in [0, 0.05) is 24.6 Å². The molecule has 1 atom stereocenters. The van der Waals surface area contributed by atoms with Crippen molar-refractivity contribution in [2.24, 2.45) is 5.73 Å². The van der Waals surface area contributed by atoms with Crippen LogP contribution in [0.2, 0.25) is 0 Å². The molecule has 1 heterocycles. The van der Waals surface area contributed by atoms with Crippen molar-refractivity contribution in [2.45, 2.75) is 32.4 Å². The lowest BCUT2D eigenvalue weighted by Gasteiger charge is -2.15. The number of rotatable bonds is 6. The van der Waals surface area contributed by atoms with E-state index in [1.165, 1.54) is 0 Å². The van der Waals surface area contributed by atoms with E-state index in [1.807, 2.05) is 19.1 Å². The summed E-state index contributed by atoms with van der Waals surface area (Å²) in [6.07, 6.45) is 0.971. The van der Waals surface area contributed by atoms with Crippen LogP contribution in [0.5, 0.6) is 11.5 Å². The van der Waals surface area contributed by atoms with E-state index in [0.717, 1.165) is 17.7 Å². The zero-order chi connectivity index (χ0) is 13.7. The second-order valence-electron chi connectivity index (χ2n) is 4.38. The van der Waals surface area contributed by atoms with E-state index < -0.39 is 6.10 Å². The summed E-state index contributed by atoms with van der Waals surface area (Å²) in [5.41, 5.74) is 6.52. The van der Waals surface area contributed by atoms with Gasteiger partial charge in [-0.3, -0.25) is 0 Å². The van der Waals surface area contributed by atoms with Crippen molar-refractivity contribution in [3.63, 3.8) is 0 Å². The zero-order valence-corrected chi connectivity index (χ0v) is 11.1. The molecule has 0 aliphatic carbocycles. The minimum atomic E-state index is -0.535. The van der Waals surface area contributed by atoms with Crippen LogP contribution in [0.3, 0.4) is 0 Å². The molecule has 0 amide bonds. The van der Waals surface area contributed by atoms with Crippen molar-refractivity contribution in [2.75, 3.05) is 13.2 Å². The van der Waals surface area contributed by atoms with Crippen LogP contribution in [0, 0.1) is 0 Å². The van der Waals surface area contributed by atoms with Crippen molar-refractivity contribution in [1.82, 2.24) is 0 Å². The first-order valence-corrected chi connectivity index (χ1v) is 6.53. The lowest BCUT2D eigenvalue weighted by molar-refractivity contribution is -0.143. The Balaban J connectivity index is 2.13. The Labute approximate surface area is 112 Å². The molecule has 1 aliphatic heterocycles. The zero-order valence-electron chi connectivity index (χ0n) is 11.1. The summed E-state index contributed by atoms with van der Waals surface area (Å²) in [4.78, 5) is 11.4. The van der Waals surface area contributed by atoms with Gasteiger partial charge in [-0.1, -0.05) is 13.0 Å². The Morgan fingerprint density at radius 3 is 2.95 bits per heavy atom. The number of carbonyl (C=O) groups excluding carboxylic acids is 1. The van der Waals surface area contributed by atoms with Gasteiger partial charge in [0.25, 0.3) is 0 Å². The van der Waals surface area contributed by atoms with Gasteiger partial charge in [0.1, 0.15) is 11.5 Å². The third-order valence-corrected chi connectivity index (χ3v) is 2.89. The topological polar surface area (TPSA) is 70.8 Å². The van der Waals surface area contributed by atoms with Crippen LogP contribution in [-0.4, -0.2) is 25.3 Å². The third-order valence-electron chi connectivity index (χ3n) is 2.89. The van der Waals surface area contributed by atoms with Crippen LogP contribution in [-0.2, 0) is 16.1 Å². The van der Waals surface area contributed by atoms with E-state index in [0.29, 0.717) is 31.9 Å². The highest BCUT2D eigenvalue weighted by Gasteiger charge is 2.29. The second kappa shape index (κ2) is 6.43. The second-order valence-corrected chi connectivity index (χ2v) is 4.38.